The second-order valence-electron chi connectivity index (χ2n) is 9.15. The van der Waals surface area contributed by atoms with Crippen LogP contribution in [0.15, 0.2) is 49.1 Å². The average Bonchev–Trinajstić information content (AvgIpc) is 3.25. The molecule has 0 radical (unpaired) electrons. The molecular weight excluding hydrogens is 536 g/mol. The largest absolute Gasteiger partial charge is 0.381 e. The van der Waals surface area contributed by atoms with Gasteiger partial charge in [0.05, 0.1) is 45.9 Å². The SMILES string of the molecule is O=C(N[C@@H](c1cc(NS(=O)(=O)C2CC2)ccn1)[C@H]1CCOC1)c1ncc(-c2cnn3ccc(Cl)cc23)s1. The Kier molecular flexibility index (Phi) is 6.35. The quantitative estimate of drug-likeness (QED) is 0.335. The summed E-state index contributed by atoms with van der Waals surface area (Å²) in [7, 11) is -3.42. The summed E-state index contributed by atoms with van der Waals surface area (Å²) in [6.45, 7) is 1.06. The van der Waals surface area contributed by atoms with E-state index >= 15 is 0 Å². The van der Waals surface area contributed by atoms with E-state index in [0.717, 1.165) is 22.4 Å². The van der Waals surface area contributed by atoms with E-state index in [0.29, 0.717) is 47.5 Å². The standard InChI is InChI=1S/C24H23ClN6O4S2/c25-15-4-7-31-20(9-15)18(11-28-31)21-12-27-24(36-21)23(32)29-22(14-5-8-35-13-14)19-10-16(3-6-26-19)30-37(33,34)17-1-2-17/h3-4,6-7,9-12,14,17,22H,1-2,5,8,13H2,(H,26,30)(H,29,32)/t14-,22+/m0/s1. The van der Waals surface area contributed by atoms with Gasteiger partial charge in [0.15, 0.2) is 5.01 Å². The topological polar surface area (TPSA) is 128 Å². The van der Waals surface area contributed by atoms with Gasteiger partial charge < -0.3 is 10.1 Å². The number of ether oxygens (including phenoxy) is 1. The predicted molar refractivity (Wildman–Crippen MR) is 140 cm³/mol. The molecule has 0 unspecified atom stereocenters. The van der Waals surface area contributed by atoms with Crippen LogP contribution in [0, 0.1) is 5.92 Å². The minimum absolute atomic E-state index is 0.00655. The summed E-state index contributed by atoms with van der Waals surface area (Å²) in [6.07, 6.45) is 8.78. The lowest BCUT2D eigenvalue weighted by atomic mass is 9.95. The van der Waals surface area contributed by atoms with Crippen LogP contribution in [0.1, 0.15) is 40.8 Å². The number of rotatable bonds is 8. The minimum atomic E-state index is -3.42. The van der Waals surface area contributed by atoms with Crippen LogP contribution < -0.4 is 10.0 Å². The maximum Gasteiger partial charge on any atom is 0.280 e. The number of fused-ring (bicyclic) bond motifs is 1. The number of hydrogen-bond donors (Lipinski definition) is 2. The molecule has 1 saturated carbocycles. The molecule has 4 aromatic rings. The van der Waals surface area contributed by atoms with Crippen LogP contribution in [0.2, 0.25) is 5.02 Å². The van der Waals surface area contributed by atoms with E-state index in [-0.39, 0.29) is 17.1 Å². The highest BCUT2D eigenvalue weighted by Crippen LogP contribution is 2.34. The first-order chi connectivity index (χ1) is 17.9. The van der Waals surface area contributed by atoms with Crippen molar-refractivity contribution in [1.82, 2.24) is 24.9 Å². The number of hydrogen-bond acceptors (Lipinski definition) is 8. The van der Waals surface area contributed by atoms with E-state index in [4.69, 9.17) is 16.3 Å². The Morgan fingerprint density at radius 1 is 1.19 bits per heavy atom. The smallest absolute Gasteiger partial charge is 0.280 e. The maximum atomic E-state index is 13.3. The Hall–Kier alpha value is -3.06. The summed E-state index contributed by atoms with van der Waals surface area (Å²) in [5.74, 6) is -0.346. The van der Waals surface area contributed by atoms with Crippen LogP contribution in [0.3, 0.4) is 0 Å². The van der Waals surface area contributed by atoms with Crippen molar-refractivity contribution in [2.75, 3.05) is 17.9 Å². The number of anilines is 1. The third-order valence-corrected chi connectivity index (χ3v) is 9.63. The molecule has 192 valence electrons. The Bertz CT molecular complexity index is 1580. The van der Waals surface area contributed by atoms with Gasteiger partial charge >= 0.3 is 0 Å². The second kappa shape index (κ2) is 9.67. The lowest BCUT2D eigenvalue weighted by molar-refractivity contribution is 0.0914. The fraction of sp³-hybridized carbons (Fsp3) is 0.333. The Balaban J connectivity index is 1.25. The molecule has 13 heteroatoms. The van der Waals surface area contributed by atoms with Gasteiger partial charge in [0.2, 0.25) is 10.0 Å². The van der Waals surface area contributed by atoms with Crippen LogP contribution in [0.5, 0.6) is 0 Å². The molecule has 2 fully saturated rings. The average molecular weight is 559 g/mol. The number of halogens is 1. The number of sulfonamides is 1. The van der Waals surface area contributed by atoms with Crippen LogP contribution in [-0.4, -0.2) is 52.4 Å². The molecule has 1 aliphatic heterocycles. The molecule has 6 rings (SSSR count). The van der Waals surface area contributed by atoms with Crippen molar-refractivity contribution in [3.05, 3.63) is 64.8 Å². The van der Waals surface area contributed by atoms with E-state index in [2.05, 4.69) is 25.1 Å². The van der Waals surface area contributed by atoms with E-state index in [1.807, 2.05) is 6.07 Å². The molecule has 37 heavy (non-hydrogen) atoms. The number of carbonyl (C=O) groups excluding carboxylic acids is 1. The summed E-state index contributed by atoms with van der Waals surface area (Å²) in [5.41, 5.74) is 2.64. The molecule has 0 aromatic carbocycles. The predicted octanol–water partition coefficient (Wildman–Crippen LogP) is 3.92. The molecule has 1 saturated heterocycles. The van der Waals surface area contributed by atoms with Gasteiger partial charge in [-0.3, -0.25) is 14.5 Å². The summed E-state index contributed by atoms with van der Waals surface area (Å²) >= 11 is 7.42. The number of amides is 1. The van der Waals surface area contributed by atoms with Crippen LogP contribution >= 0.6 is 22.9 Å². The van der Waals surface area contributed by atoms with Gasteiger partial charge in [0.25, 0.3) is 5.91 Å². The van der Waals surface area contributed by atoms with Crippen molar-refractivity contribution in [3.63, 3.8) is 0 Å². The Morgan fingerprint density at radius 3 is 2.84 bits per heavy atom. The molecule has 2 atom stereocenters. The van der Waals surface area contributed by atoms with E-state index in [9.17, 15) is 13.2 Å². The molecule has 0 bridgehead atoms. The molecule has 0 spiro atoms. The van der Waals surface area contributed by atoms with Crippen molar-refractivity contribution in [2.24, 2.45) is 5.92 Å². The van der Waals surface area contributed by atoms with Gasteiger partial charge in [0.1, 0.15) is 0 Å². The van der Waals surface area contributed by atoms with Crippen molar-refractivity contribution in [3.8, 4) is 10.4 Å². The van der Waals surface area contributed by atoms with Crippen LogP contribution in [0.4, 0.5) is 5.69 Å². The Labute approximate surface area is 222 Å². The van der Waals surface area contributed by atoms with Crippen LogP contribution in [-0.2, 0) is 14.8 Å². The van der Waals surface area contributed by atoms with E-state index < -0.39 is 16.1 Å². The summed E-state index contributed by atoms with van der Waals surface area (Å²) in [6, 6.07) is 6.39. The summed E-state index contributed by atoms with van der Waals surface area (Å²) in [4.78, 5) is 22.9. The lowest BCUT2D eigenvalue weighted by Crippen LogP contribution is -2.34. The molecule has 2 aliphatic rings. The molecule has 5 heterocycles. The zero-order valence-corrected chi connectivity index (χ0v) is 21.9. The number of aromatic nitrogens is 4. The van der Waals surface area contributed by atoms with Gasteiger partial charge in [-0.05, 0) is 43.5 Å². The van der Waals surface area contributed by atoms with Gasteiger partial charge in [0, 0.05) is 41.7 Å². The first-order valence-corrected chi connectivity index (χ1v) is 14.6. The molecular formula is C24H23ClN6O4S2. The lowest BCUT2D eigenvalue weighted by Gasteiger charge is -2.23. The fourth-order valence-corrected chi connectivity index (χ4v) is 6.78. The second-order valence-corrected chi connectivity index (χ2v) is 12.6. The van der Waals surface area contributed by atoms with Crippen molar-refractivity contribution in [2.45, 2.75) is 30.6 Å². The highest BCUT2D eigenvalue weighted by Gasteiger charge is 2.36. The molecule has 4 aromatic heterocycles. The van der Waals surface area contributed by atoms with Gasteiger partial charge in [-0.2, -0.15) is 5.10 Å². The maximum absolute atomic E-state index is 13.3. The highest BCUT2D eigenvalue weighted by atomic mass is 35.5. The number of carbonyl (C=O) groups is 1. The zero-order chi connectivity index (χ0) is 25.6. The zero-order valence-electron chi connectivity index (χ0n) is 19.5. The molecule has 1 amide bonds. The van der Waals surface area contributed by atoms with E-state index in [1.165, 1.54) is 11.3 Å². The molecule has 2 N–H and O–H groups in total. The van der Waals surface area contributed by atoms with E-state index in [1.54, 1.807) is 47.5 Å². The number of nitrogens with one attached hydrogen (secondary N) is 2. The van der Waals surface area contributed by atoms with Gasteiger partial charge in [-0.25, -0.2) is 17.9 Å². The number of pyridine rings is 2. The molecule has 10 nitrogen and oxygen atoms in total. The van der Waals surface area contributed by atoms with Crippen LogP contribution in [0.25, 0.3) is 16.0 Å². The first kappa shape index (κ1) is 24.3. The fourth-order valence-electron chi connectivity index (χ4n) is 4.41. The number of thiazole rings is 1. The van der Waals surface area contributed by atoms with Crippen molar-refractivity contribution >= 4 is 50.1 Å². The van der Waals surface area contributed by atoms with Gasteiger partial charge in [-0.1, -0.05) is 11.6 Å². The van der Waals surface area contributed by atoms with Crippen molar-refractivity contribution < 1.29 is 17.9 Å². The minimum Gasteiger partial charge on any atom is -0.381 e. The van der Waals surface area contributed by atoms with Gasteiger partial charge in [-0.15, -0.1) is 11.3 Å². The normalized spacial score (nSPS) is 18.7. The highest BCUT2D eigenvalue weighted by molar-refractivity contribution is 7.93. The van der Waals surface area contributed by atoms with Crippen molar-refractivity contribution in [1.29, 1.82) is 0 Å². The first-order valence-electron chi connectivity index (χ1n) is 11.8. The third-order valence-electron chi connectivity index (χ3n) is 6.49. The molecule has 1 aliphatic carbocycles. The summed E-state index contributed by atoms with van der Waals surface area (Å²) in [5, 5.41) is 7.96. The third kappa shape index (κ3) is 5.06. The monoisotopic (exact) mass is 558 g/mol. The number of nitrogens with zero attached hydrogens (tertiary/aromatic N) is 4. The Morgan fingerprint density at radius 2 is 2.05 bits per heavy atom. The summed E-state index contributed by atoms with van der Waals surface area (Å²) < 4.78 is 34.8.